The molecule has 0 amide bonds. The maximum Gasteiger partial charge on any atom is 0 e. The summed E-state index contributed by atoms with van der Waals surface area (Å²) in [6, 6.07) is 0. The summed E-state index contributed by atoms with van der Waals surface area (Å²) in [5, 5.41) is 38.0. The third-order valence-electron chi connectivity index (χ3n) is 0.447. The van der Waals surface area contributed by atoms with Gasteiger partial charge in [0.1, 0.15) is 0 Å². The standard InChI is InChI=1S/4CN.Co.Ni/c4*1-2;;. The van der Waals surface area contributed by atoms with Gasteiger partial charge < -0.3 is 0 Å². The van der Waals surface area contributed by atoms with Crippen LogP contribution >= 0.6 is 0 Å². The van der Waals surface area contributed by atoms with E-state index in [1.54, 1.807) is 0 Å². The van der Waals surface area contributed by atoms with E-state index in [9.17, 15) is 0 Å². The third kappa shape index (κ3) is 2.06. The average molecular weight is 222 g/mol. The predicted octanol–water partition coefficient (Wildman–Crippen LogP) is 0.0621. The number of hydrogen-bond acceptors (Lipinski definition) is 4. The van der Waals surface area contributed by atoms with Crippen LogP contribution in [0, 0.1) is 41.1 Å². The van der Waals surface area contributed by atoms with E-state index >= 15 is 0 Å². The molecule has 0 aliphatic carbocycles. The van der Waals surface area contributed by atoms with Crippen LogP contribution in [0.5, 0.6) is 0 Å². The van der Waals surface area contributed by atoms with Gasteiger partial charge in [-0.15, -0.1) is 0 Å². The molecule has 0 N–H and O–H groups in total. The van der Waals surface area contributed by atoms with E-state index < -0.39 is 12.6 Å². The maximum absolute atomic E-state index is 8.11. The molecule has 6 heteroatoms. The van der Waals surface area contributed by atoms with Crippen LogP contribution in [-0.2, 0) is 29.1 Å². The summed E-state index contributed by atoms with van der Waals surface area (Å²) < 4.78 is 0. The summed E-state index contributed by atoms with van der Waals surface area (Å²) in [6.45, 7) is 0. The molecule has 0 unspecified atom stereocenters. The maximum atomic E-state index is 8.11. The van der Waals surface area contributed by atoms with Crippen molar-refractivity contribution in [1.29, 1.82) is 21.0 Å². The number of rotatable bonds is 0. The van der Waals surface area contributed by atoms with Crippen LogP contribution in [-0.4, -0.2) is 0 Å². The Hall–Kier alpha value is -1.04. The average Bonchev–Trinajstić information content (AvgIpc) is 1.95. The molecule has 0 spiro atoms. The van der Waals surface area contributed by atoms with Crippen LogP contribution in [0.3, 0.4) is 0 Å². The summed E-state index contributed by atoms with van der Waals surface area (Å²) in [5.41, 5.74) is 0. The Morgan fingerprint density at radius 2 is 0.900 bits per heavy atom. The van der Waals surface area contributed by atoms with E-state index in [0.29, 0.717) is 0 Å². The van der Waals surface area contributed by atoms with Crippen molar-refractivity contribution in [2.24, 2.45) is 0 Å². The molecule has 0 heterocycles. The van der Waals surface area contributed by atoms with Gasteiger partial charge in [0.15, 0.2) is 0 Å². The molecule has 0 aliphatic rings. The summed E-state index contributed by atoms with van der Waals surface area (Å²) in [5.74, 6) is 0. The minimum Gasteiger partial charge on any atom is 0 e. The van der Waals surface area contributed by atoms with Crippen LogP contribution in [0.4, 0.5) is 0 Å². The minimum absolute atomic E-state index is 0. The molecule has 10 heavy (non-hydrogen) atoms. The second-order valence-corrected chi connectivity index (χ2v) is 3.29. The Balaban J connectivity index is 0. The van der Waals surface area contributed by atoms with E-state index in [1.807, 2.05) is 0 Å². The van der Waals surface area contributed by atoms with Gasteiger partial charge in [0.25, 0.3) is 0 Å². The van der Waals surface area contributed by atoms with Gasteiger partial charge >= 0.3 is 53.7 Å². The molecular formula is C4CoN4Ni. The van der Waals surface area contributed by atoms with Gasteiger partial charge in [-0.3, -0.25) is 0 Å². The van der Waals surface area contributed by atoms with E-state index in [1.165, 1.54) is 20.0 Å². The normalized spacial score (nSPS) is 8.40. The number of hydrogen-bond donors (Lipinski definition) is 0. The summed E-state index contributed by atoms with van der Waals surface area (Å²) >= 11 is -3.18. The second kappa shape index (κ2) is 4.80. The largest absolute Gasteiger partial charge is 0 e. The Bertz CT molecular complexity index is 210. The first-order chi connectivity index (χ1) is 4.24. The van der Waals surface area contributed by atoms with Crippen LogP contribution < -0.4 is 0 Å². The van der Waals surface area contributed by atoms with Crippen molar-refractivity contribution in [1.82, 2.24) is 0 Å². The first-order valence-corrected chi connectivity index (χ1v) is 3.64. The van der Waals surface area contributed by atoms with Gasteiger partial charge in [0.05, 0.1) is 0 Å². The SMILES string of the molecule is N#[C][Co]([C]#N)([C]#N)[C]#N.[Ni]. The molecule has 0 atom stereocenters. The van der Waals surface area contributed by atoms with Gasteiger partial charge in [-0.25, -0.2) is 0 Å². The molecule has 55 valence electrons. The Morgan fingerprint density at radius 3 is 0.900 bits per heavy atom. The first-order valence-electron chi connectivity index (χ1n) is 1.56. The fourth-order valence-electron chi connectivity index (χ4n) is 0.100. The van der Waals surface area contributed by atoms with Crippen molar-refractivity contribution in [3.05, 3.63) is 0 Å². The molecule has 0 aliphatic heterocycles. The third-order valence-corrected chi connectivity index (χ3v) is 1.84. The van der Waals surface area contributed by atoms with Crippen molar-refractivity contribution >= 4 is 0 Å². The molecule has 4 nitrogen and oxygen atoms in total. The molecule has 0 radical (unpaired) electrons. The van der Waals surface area contributed by atoms with Gasteiger partial charge in [-0.05, 0) is 0 Å². The summed E-state index contributed by atoms with van der Waals surface area (Å²) in [4.78, 5) is 0. The second-order valence-electron chi connectivity index (χ2n) is 0.798. The van der Waals surface area contributed by atoms with Gasteiger partial charge in [0, 0.05) is 16.5 Å². The van der Waals surface area contributed by atoms with Crippen LogP contribution in [0.15, 0.2) is 0 Å². The van der Waals surface area contributed by atoms with Gasteiger partial charge in [0.2, 0.25) is 0 Å². The molecular weight excluding hydrogens is 222 g/mol. The van der Waals surface area contributed by atoms with Crippen molar-refractivity contribution in [2.45, 2.75) is 0 Å². The molecule has 0 aromatic carbocycles. The Labute approximate surface area is 70.4 Å². The van der Waals surface area contributed by atoms with E-state index in [-0.39, 0.29) is 16.5 Å². The topological polar surface area (TPSA) is 95.2 Å². The summed E-state index contributed by atoms with van der Waals surface area (Å²) in [7, 11) is 0. The predicted molar refractivity (Wildman–Crippen MR) is 22.5 cm³/mol. The first kappa shape index (κ1) is 11.7. The molecule has 0 bridgehead atoms. The Kier molecular flexibility index (Phi) is 5.63. The Morgan fingerprint density at radius 1 is 0.700 bits per heavy atom. The molecule has 0 saturated carbocycles. The van der Waals surface area contributed by atoms with Crippen LogP contribution in [0.2, 0.25) is 0 Å². The molecule has 0 rings (SSSR count). The van der Waals surface area contributed by atoms with Gasteiger partial charge in [-0.1, -0.05) is 0 Å². The smallest absolute Gasteiger partial charge is 0 e. The quantitative estimate of drug-likeness (QED) is 0.541. The van der Waals surface area contributed by atoms with Crippen LogP contribution in [0.25, 0.3) is 0 Å². The van der Waals surface area contributed by atoms with Crippen molar-refractivity contribution in [3.8, 4) is 20.0 Å². The zero-order valence-corrected chi connectivity index (χ0v) is 6.47. The number of nitrogens with zero attached hydrogens (tertiary/aromatic N) is 4. The molecule has 0 fully saturated rings. The van der Waals surface area contributed by atoms with E-state index in [0.717, 1.165) is 0 Å². The monoisotopic (exact) mass is 221 g/mol. The summed E-state index contributed by atoms with van der Waals surface area (Å²) in [6.07, 6.45) is 0. The fraction of sp³-hybridized carbons (Fsp3) is 0. The molecule has 0 saturated heterocycles. The van der Waals surface area contributed by atoms with Crippen LogP contribution in [0.1, 0.15) is 0 Å². The van der Waals surface area contributed by atoms with Crippen molar-refractivity contribution < 1.29 is 29.1 Å². The van der Waals surface area contributed by atoms with E-state index in [2.05, 4.69) is 0 Å². The minimum atomic E-state index is -3.18. The zero-order valence-electron chi connectivity index (χ0n) is 4.44. The zero-order chi connectivity index (χ0) is 7.33. The molecule has 0 aromatic rings. The van der Waals surface area contributed by atoms with Crippen molar-refractivity contribution in [3.63, 3.8) is 0 Å². The van der Waals surface area contributed by atoms with Crippen molar-refractivity contribution in [2.75, 3.05) is 0 Å². The fourth-order valence-corrected chi connectivity index (χ4v) is 0.412. The molecule has 0 aromatic heterocycles. The number of nitriles is 4. The van der Waals surface area contributed by atoms with Gasteiger partial charge in [-0.2, -0.15) is 0 Å². The van der Waals surface area contributed by atoms with E-state index in [4.69, 9.17) is 21.0 Å².